The van der Waals surface area contributed by atoms with Crippen molar-refractivity contribution in [3.05, 3.63) is 59.7 Å². The summed E-state index contributed by atoms with van der Waals surface area (Å²) in [7, 11) is 5.73. The largest absolute Gasteiger partial charge is 0.492 e. The minimum absolute atomic E-state index is 0.0424. The number of nitrogens with zero attached hydrogens (tertiary/aromatic N) is 3. The summed E-state index contributed by atoms with van der Waals surface area (Å²) in [6, 6.07) is 12.0. The van der Waals surface area contributed by atoms with Crippen LogP contribution >= 0.6 is 0 Å². The predicted octanol–water partition coefficient (Wildman–Crippen LogP) is 2.85. The van der Waals surface area contributed by atoms with Gasteiger partial charge in [-0.15, -0.1) is 0 Å². The Balaban J connectivity index is 1.50. The number of para-hydroxylation sites is 1. The van der Waals surface area contributed by atoms with Crippen molar-refractivity contribution in [3.63, 3.8) is 0 Å². The number of nitrogens with one attached hydrogen (secondary N) is 2. The summed E-state index contributed by atoms with van der Waals surface area (Å²) in [4.78, 5) is 8.10. The van der Waals surface area contributed by atoms with Crippen LogP contribution in [0.4, 0.5) is 14.5 Å². The number of likely N-dealkylation sites (N-methyl/N-ethyl adjacent to an activating group) is 1. The molecule has 1 aliphatic heterocycles. The zero-order valence-electron chi connectivity index (χ0n) is 18.4. The van der Waals surface area contributed by atoms with E-state index in [9.17, 15) is 8.78 Å². The smallest absolute Gasteiger partial charge is 0.191 e. The van der Waals surface area contributed by atoms with Gasteiger partial charge in [0.2, 0.25) is 0 Å². The molecule has 0 amide bonds. The number of guanidine groups is 1. The lowest BCUT2D eigenvalue weighted by atomic mass is 10.2. The Morgan fingerprint density at radius 2 is 1.94 bits per heavy atom. The Labute approximate surface area is 182 Å². The van der Waals surface area contributed by atoms with Crippen LogP contribution in [0.25, 0.3) is 0 Å². The van der Waals surface area contributed by atoms with Crippen LogP contribution in [-0.2, 0) is 6.54 Å². The average Bonchev–Trinajstić information content (AvgIpc) is 3.19. The second kappa shape index (κ2) is 10.9. The van der Waals surface area contributed by atoms with Crippen LogP contribution < -0.4 is 20.3 Å². The molecule has 1 atom stereocenters. The first-order valence-electron chi connectivity index (χ1n) is 10.5. The van der Waals surface area contributed by atoms with Crippen LogP contribution in [0.15, 0.2) is 47.5 Å². The lowest BCUT2D eigenvalue weighted by molar-refractivity contribution is 0.261. The molecule has 6 nitrogen and oxygen atoms in total. The zero-order valence-corrected chi connectivity index (χ0v) is 18.4. The van der Waals surface area contributed by atoms with Gasteiger partial charge in [0.25, 0.3) is 0 Å². The number of hydrogen-bond acceptors (Lipinski definition) is 4. The van der Waals surface area contributed by atoms with Gasteiger partial charge in [-0.2, -0.15) is 0 Å². The SMILES string of the molecule is CN=C(NCc1cccc(OCCN(C)C)c1)NC1CCN(c2c(F)cccc2F)C1. The molecule has 0 aliphatic carbocycles. The number of hydrogen-bond donors (Lipinski definition) is 2. The molecule has 0 saturated carbocycles. The molecular formula is C23H31F2N5O. The van der Waals surface area contributed by atoms with Crippen molar-refractivity contribution in [1.29, 1.82) is 0 Å². The zero-order chi connectivity index (χ0) is 22.2. The molecule has 2 aromatic carbocycles. The predicted molar refractivity (Wildman–Crippen MR) is 121 cm³/mol. The first-order chi connectivity index (χ1) is 15.0. The van der Waals surface area contributed by atoms with Crippen LogP contribution in [0.1, 0.15) is 12.0 Å². The van der Waals surface area contributed by atoms with E-state index in [1.54, 1.807) is 11.9 Å². The van der Waals surface area contributed by atoms with Gasteiger partial charge in [-0.05, 0) is 50.3 Å². The third kappa shape index (κ3) is 6.55. The molecule has 0 spiro atoms. The highest BCUT2D eigenvalue weighted by molar-refractivity contribution is 5.80. The Hall–Kier alpha value is -2.87. The molecule has 1 fully saturated rings. The molecule has 0 bridgehead atoms. The van der Waals surface area contributed by atoms with Crippen molar-refractivity contribution in [2.24, 2.45) is 4.99 Å². The van der Waals surface area contributed by atoms with Gasteiger partial charge in [0.15, 0.2) is 5.96 Å². The fourth-order valence-electron chi connectivity index (χ4n) is 3.54. The number of rotatable bonds is 8. The van der Waals surface area contributed by atoms with Gasteiger partial charge in [0.05, 0.1) is 0 Å². The maximum Gasteiger partial charge on any atom is 0.191 e. The summed E-state index contributed by atoms with van der Waals surface area (Å²) in [5, 5.41) is 6.65. The molecule has 1 heterocycles. The van der Waals surface area contributed by atoms with E-state index in [2.05, 4.69) is 20.5 Å². The highest BCUT2D eigenvalue weighted by Gasteiger charge is 2.27. The fraction of sp³-hybridized carbons (Fsp3) is 0.435. The molecule has 31 heavy (non-hydrogen) atoms. The van der Waals surface area contributed by atoms with E-state index in [1.165, 1.54) is 18.2 Å². The van der Waals surface area contributed by atoms with Gasteiger partial charge in [-0.1, -0.05) is 18.2 Å². The van der Waals surface area contributed by atoms with Crippen molar-refractivity contribution in [2.45, 2.75) is 19.0 Å². The third-order valence-corrected chi connectivity index (χ3v) is 5.17. The monoisotopic (exact) mass is 431 g/mol. The van der Waals surface area contributed by atoms with Gasteiger partial charge in [0, 0.05) is 39.3 Å². The van der Waals surface area contributed by atoms with Crippen LogP contribution in [0.5, 0.6) is 5.75 Å². The minimum atomic E-state index is -0.532. The molecule has 2 aromatic rings. The minimum Gasteiger partial charge on any atom is -0.492 e. The molecule has 3 rings (SSSR count). The summed E-state index contributed by atoms with van der Waals surface area (Å²) in [5.74, 6) is 0.425. The molecule has 1 saturated heterocycles. The first-order valence-corrected chi connectivity index (χ1v) is 10.5. The van der Waals surface area contributed by atoms with Crippen LogP contribution in [0, 0.1) is 11.6 Å². The maximum atomic E-state index is 14.1. The van der Waals surface area contributed by atoms with Crippen molar-refractivity contribution in [1.82, 2.24) is 15.5 Å². The molecule has 0 radical (unpaired) electrons. The molecule has 0 aromatic heterocycles. The van der Waals surface area contributed by atoms with Crippen LogP contribution in [-0.4, -0.2) is 64.3 Å². The quantitative estimate of drug-likeness (QED) is 0.497. The van der Waals surface area contributed by atoms with Crippen molar-refractivity contribution < 1.29 is 13.5 Å². The van der Waals surface area contributed by atoms with Crippen LogP contribution in [0.2, 0.25) is 0 Å². The molecular weight excluding hydrogens is 400 g/mol. The van der Waals surface area contributed by atoms with Gasteiger partial charge in [0.1, 0.15) is 29.7 Å². The second-order valence-corrected chi connectivity index (χ2v) is 7.87. The lowest BCUT2D eigenvalue weighted by Crippen LogP contribution is -2.44. The first kappa shape index (κ1) is 22.8. The maximum absolute atomic E-state index is 14.1. The molecule has 1 aliphatic rings. The normalized spacial score (nSPS) is 16.6. The number of benzene rings is 2. The van der Waals surface area contributed by atoms with Crippen molar-refractivity contribution in [2.75, 3.05) is 52.3 Å². The lowest BCUT2D eigenvalue weighted by Gasteiger charge is -2.21. The number of aliphatic imine (C=N–C) groups is 1. The fourth-order valence-corrected chi connectivity index (χ4v) is 3.54. The summed E-state index contributed by atoms with van der Waals surface area (Å²) >= 11 is 0. The van der Waals surface area contributed by atoms with E-state index in [0.717, 1.165) is 24.3 Å². The van der Waals surface area contributed by atoms with E-state index >= 15 is 0 Å². The standard InChI is InChI=1S/C23H31F2N5O/c1-26-23(27-15-17-6-4-7-19(14-17)31-13-12-29(2)3)28-18-10-11-30(16-18)22-20(24)8-5-9-21(22)25/h4-9,14,18H,10-13,15-16H2,1-3H3,(H2,26,27,28). The number of ether oxygens (including phenoxy) is 1. The summed E-state index contributed by atoms with van der Waals surface area (Å²) < 4.78 is 33.9. The number of anilines is 1. The highest BCUT2D eigenvalue weighted by Crippen LogP contribution is 2.26. The molecule has 168 valence electrons. The Kier molecular flexibility index (Phi) is 8.06. The van der Waals surface area contributed by atoms with Gasteiger partial charge in [-0.25, -0.2) is 8.78 Å². The molecule has 1 unspecified atom stereocenters. The third-order valence-electron chi connectivity index (χ3n) is 5.17. The van der Waals surface area contributed by atoms with Gasteiger partial charge < -0.3 is 25.2 Å². The summed E-state index contributed by atoms with van der Waals surface area (Å²) in [6.07, 6.45) is 0.768. The highest BCUT2D eigenvalue weighted by atomic mass is 19.1. The summed E-state index contributed by atoms with van der Waals surface area (Å²) in [6.45, 7) is 3.16. The summed E-state index contributed by atoms with van der Waals surface area (Å²) in [5.41, 5.74) is 1.12. The molecule has 2 N–H and O–H groups in total. The van der Waals surface area contributed by atoms with Gasteiger partial charge in [-0.3, -0.25) is 4.99 Å². The molecule has 8 heteroatoms. The van der Waals surface area contributed by atoms with E-state index in [0.29, 0.717) is 32.2 Å². The van der Waals surface area contributed by atoms with E-state index in [4.69, 9.17) is 4.74 Å². The van der Waals surface area contributed by atoms with Gasteiger partial charge >= 0.3 is 0 Å². The van der Waals surface area contributed by atoms with Crippen molar-refractivity contribution >= 4 is 11.6 Å². The van der Waals surface area contributed by atoms with E-state index < -0.39 is 11.6 Å². The second-order valence-electron chi connectivity index (χ2n) is 7.87. The Bertz CT molecular complexity index is 870. The topological polar surface area (TPSA) is 52.1 Å². The van der Waals surface area contributed by atoms with E-state index in [-0.39, 0.29) is 11.7 Å². The average molecular weight is 432 g/mol. The number of halogens is 2. The van der Waals surface area contributed by atoms with Crippen LogP contribution in [0.3, 0.4) is 0 Å². The van der Waals surface area contributed by atoms with E-state index in [1.807, 2.05) is 38.4 Å². The van der Waals surface area contributed by atoms with Crippen molar-refractivity contribution in [3.8, 4) is 5.75 Å². The Morgan fingerprint density at radius 3 is 2.65 bits per heavy atom. The Morgan fingerprint density at radius 1 is 1.19 bits per heavy atom.